The third-order valence-corrected chi connectivity index (χ3v) is 3.64. The first-order chi connectivity index (χ1) is 9.11. The molecule has 0 aliphatic rings. The van der Waals surface area contributed by atoms with Crippen LogP contribution in [0.1, 0.15) is 23.9 Å². The van der Waals surface area contributed by atoms with Crippen molar-refractivity contribution in [2.45, 2.75) is 32.2 Å². The van der Waals surface area contributed by atoms with Gasteiger partial charge >= 0.3 is 0 Å². The van der Waals surface area contributed by atoms with Crippen LogP contribution in [0.15, 0.2) is 24.5 Å². The Morgan fingerprint density at radius 1 is 1.32 bits per heavy atom. The lowest BCUT2D eigenvalue weighted by Crippen LogP contribution is -2.26. The molecule has 0 aliphatic heterocycles. The first-order valence-electron chi connectivity index (χ1n) is 6.46. The smallest absolute Gasteiger partial charge is 0.0850 e. The number of nitrogens with zero attached hydrogens (tertiary/aromatic N) is 3. The maximum absolute atomic E-state index is 6.33. The molecule has 0 aliphatic carbocycles. The molecule has 0 amide bonds. The van der Waals surface area contributed by atoms with Crippen LogP contribution in [0.3, 0.4) is 0 Å². The van der Waals surface area contributed by atoms with Crippen molar-refractivity contribution in [3.8, 4) is 0 Å². The Kier molecular flexibility index (Phi) is 4.56. The molecular weight excluding hydrogens is 260 g/mol. The van der Waals surface area contributed by atoms with Crippen LogP contribution in [0.25, 0.3) is 0 Å². The fourth-order valence-electron chi connectivity index (χ4n) is 2.18. The van der Waals surface area contributed by atoms with E-state index in [1.807, 2.05) is 23.9 Å². The first kappa shape index (κ1) is 14.0. The number of aromatic nitrogens is 3. The van der Waals surface area contributed by atoms with Crippen molar-refractivity contribution in [2.24, 2.45) is 12.8 Å². The standard InChI is InChI=1S/C14H19ClN4/c1-3-12-14(15)13(19(2)18-12)9-11(16)8-10-4-6-17-7-5-10/h4-7,11H,3,8-9,16H2,1-2H3. The number of aryl methyl sites for hydroxylation is 2. The van der Waals surface area contributed by atoms with Gasteiger partial charge in [-0.15, -0.1) is 0 Å². The van der Waals surface area contributed by atoms with E-state index in [1.54, 1.807) is 12.4 Å². The van der Waals surface area contributed by atoms with Gasteiger partial charge in [0.2, 0.25) is 0 Å². The summed E-state index contributed by atoms with van der Waals surface area (Å²) in [5, 5.41) is 5.17. The molecule has 2 aromatic rings. The molecule has 0 fully saturated rings. The van der Waals surface area contributed by atoms with Crippen LogP contribution in [0.2, 0.25) is 5.02 Å². The van der Waals surface area contributed by atoms with E-state index in [9.17, 15) is 0 Å². The minimum atomic E-state index is 0.0278. The summed E-state index contributed by atoms with van der Waals surface area (Å²) >= 11 is 6.33. The van der Waals surface area contributed by atoms with Crippen molar-refractivity contribution in [3.63, 3.8) is 0 Å². The monoisotopic (exact) mass is 278 g/mol. The van der Waals surface area contributed by atoms with Gasteiger partial charge in [0, 0.05) is 31.9 Å². The van der Waals surface area contributed by atoms with Gasteiger partial charge in [-0.2, -0.15) is 5.10 Å². The minimum Gasteiger partial charge on any atom is -0.327 e. The molecule has 0 spiro atoms. The zero-order valence-electron chi connectivity index (χ0n) is 11.3. The average Bonchev–Trinajstić information content (AvgIpc) is 2.67. The number of hydrogen-bond donors (Lipinski definition) is 1. The Balaban J connectivity index is 2.07. The molecule has 1 atom stereocenters. The summed E-state index contributed by atoms with van der Waals surface area (Å²) in [6, 6.07) is 4.00. The third kappa shape index (κ3) is 3.33. The zero-order valence-corrected chi connectivity index (χ0v) is 12.1. The Bertz CT molecular complexity index is 536. The van der Waals surface area contributed by atoms with E-state index < -0.39 is 0 Å². The molecule has 5 heteroatoms. The quantitative estimate of drug-likeness (QED) is 0.912. The Labute approximate surface area is 118 Å². The van der Waals surface area contributed by atoms with Crippen molar-refractivity contribution >= 4 is 11.6 Å². The topological polar surface area (TPSA) is 56.7 Å². The van der Waals surface area contributed by atoms with Crippen LogP contribution in [0.4, 0.5) is 0 Å². The number of nitrogens with two attached hydrogens (primary N) is 1. The highest BCUT2D eigenvalue weighted by Gasteiger charge is 2.16. The molecule has 2 heterocycles. The van der Waals surface area contributed by atoms with Crippen LogP contribution in [0, 0.1) is 0 Å². The number of rotatable bonds is 5. The molecule has 0 bridgehead atoms. The van der Waals surface area contributed by atoms with Crippen molar-refractivity contribution < 1.29 is 0 Å². The van der Waals surface area contributed by atoms with Gasteiger partial charge in [0.25, 0.3) is 0 Å². The van der Waals surface area contributed by atoms with Gasteiger partial charge in [-0.3, -0.25) is 9.67 Å². The van der Waals surface area contributed by atoms with Gasteiger partial charge in [-0.25, -0.2) is 0 Å². The lowest BCUT2D eigenvalue weighted by Gasteiger charge is -2.12. The number of halogens is 1. The SMILES string of the molecule is CCc1nn(C)c(CC(N)Cc2ccncc2)c1Cl. The van der Waals surface area contributed by atoms with Gasteiger partial charge in [-0.05, 0) is 30.5 Å². The van der Waals surface area contributed by atoms with Gasteiger partial charge in [0.05, 0.1) is 16.4 Å². The predicted octanol–water partition coefficient (Wildman–Crippen LogP) is 2.14. The van der Waals surface area contributed by atoms with E-state index in [4.69, 9.17) is 17.3 Å². The lowest BCUT2D eigenvalue weighted by atomic mass is 10.0. The van der Waals surface area contributed by atoms with Crippen molar-refractivity contribution in [1.82, 2.24) is 14.8 Å². The summed E-state index contributed by atoms with van der Waals surface area (Å²) in [7, 11) is 1.92. The van der Waals surface area contributed by atoms with E-state index in [-0.39, 0.29) is 6.04 Å². The van der Waals surface area contributed by atoms with E-state index >= 15 is 0 Å². The Morgan fingerprint density at radius 3 is 2.58 bits per heavy atom. The molecule has 2 rings (SSSR count). The molecule has 2 N–H and O–H groups in total. The highest BCUT2D eigenvalue weighted by atomic mass is 35.5. The number of hydrogen-bond acceptors (Lipinski definition) is 3. The highest BCUT2D eigenvalue weighted by molar-refractivity contribution is 6.31. The fourth-order valence-corrected chi connectivity index (χ4v) is 2.55. The van der Waals surface area contributed by atoms with Gasteiger partial charge < -0.3 is 5.73 Å². The van der Waals surface area contributed by atoms with E-state index in [2.05, 4.69) is 17.0 Å². The molecule has 1 unspecified atom stereocenters. The number of pyridine rings is 1. The summed E-state index contributed by atoms with van der Waals surface area (Å²) in [6.07, 6.45) is 5.95. The Morgan fingerprint density at radius 2 is 2.00 bits per heavy atom. The molecular formula is C14H19ClN4. The fraction of sp³-hybridized carbons (Fsp3) is 0.429. The van der Waals surface area contributed by atoms with Gasteiger partial charge in [0.1, 0.15) is 0 Å². The second-order valence-corrected chi connectivity index (χ2v) is 5.09. The minimum absolute atomic E-state index is 0.0278. The lowest BCUT2D eigenvalue weighted by molar-refractivity contribution is 0.611. The molecule has 0 saturated carbocycles. The van der Waals surface area contributed by atoms with Crippen LogP contribution >= 0.6 is 11.6 Å². The molecule has 0 saturated heterocycles. The Hall–Kier alpha value is -1.39. The van der Waals surface area contributed by atoms with Crippen LogP contribution in [-0.4, -0.2) is 20.8 Å². The average molecular weight is 279 g/mol. The zero-order chi connectivity index (χ0) is 13.8. The van der Waals surface area contributed by atoms with Crippen molar-refractivity contribution in [2.75, 3.05) is 0 Å². The molecule has 19 heavy (non-hydrogen) atoms. The first-order valence-corrected chi connectivity index (χ1v) is 6.84. The van der Waals surface area contributed by atoms with E-state index in [1.165, 1.54) is 5.56 Å². The van der Waals surface area contributed by atoms with Crippen LogP contribution in [-0.2, 0) is 26.3 Å². The maximum Gasteiger partial charge on any atom is 0.0850 e. The molecule has 2 aromatic heterocycles. The summed E-state index contributed by atoms with van der Waals surface area (Å²) in [4.78, 5) is 4.00. The van der Waals surface area contributed by atoms with Crippen LogP contribution in [0.5, 0.6) is 0 Å². The molecule has 0 radical (unpaired) electrons. The summed E-state index contributed by atoms with van der Waals surface area (Å²) in [5.74, 6) is 0. The van der Waals surface area contributed by atoms with Gasteiger partial charge in [0.15, 0.2) is 0 Å². The van der Waals surface area contributed by atoms with Gasteiger partial charge in [-0.1, -0.05) is 18.5 Å². The van der Waals surface area contributed by atoms with Crippen molar-refractivity contribution in [3.05, 3.63) is 46.5 Å². The second kappa shape index (κ2) is 6.17. The van der Waals surface area contributed by atoms with Crippen molar-refractivity contribution in [1.29, 1.82) is 0 Å². The van der Waals surface area contributed by atoms with Crippen LogP contribution < -0.4 is 5.73 Å². The maximum atomic E-state index is 6.33. The summed E-state index contributed by atoms with van der Waals surface area (Å²) < 4.78 is 1.84. The van der Waals surface area contributed by atoms with E-state index in [0.717, 1.165) is 35.7 Å². The summed E-state index contributed by atoms with van der Waals surface area (Å²) in [6.45, 7) is 2.05. The third-order valence-electron chi connectivity index (χ3n) is 3.21. The predicted molar refractivity (Wildman–Crippen MR) is 77.2 cm³/mol. The highest BCUT2D eigenvalue weighted by Crippen LogP contribution is 2.22. The summed E-state index contributed by atoms with van der Waals surface area (Å²) in [5.41, 5.74) is 9.35. The molecule has 102 valence electrons. The largest absolute Gasteiger partial charge is 0.327 e. The second-order valence-electron chi connectivity index (χ2n) is 4.71. The normalized spacial score (nSPS) is 12.6. The van der Waals surface area contributed by atoms with E-state index in [0.29, 0.717) is 0 Å². The molecule has 4 nitrogen and oxygen atoms in total. The molecule has 0 aromatic carbocycles.